The Kier molecular flexibility index (Phi) is 2.38. The summed E-state index contributed by atoms with van der Waals surface area (Å²) in [6, 6.07) is 5.82. The molecule has 16 heavy (non-hydrogen) atoms. The summed E-state index contributed by atoms with van der Waals surface area (Å²) in [6.07, 6.45) is 2.26. The molecule has 0 fully saturated rings. The first-order valence-corrected chi connectivity index (χ1v) is 6.00. The van der Waals surface area contributed by atoms with Gasteiger partial charge in [-0.3, -0.25) is 0 Å². The molecule has 0 aliphatic rings. The fourth-order valence-electron chi connectivity index (χ4n) is 1.48. The van der Waals surface area contributed by atoms with Gasteiger partial charge < -0.3 is 4.42 Å². The van der Waals surface area contributed by atoms with Crippen molar-refractivity contribution in [1.29, 1.82) is 0 Å². The number of aromatic nitrogens is 2. The second kappa shape index (κ2) is 3.88. The van der Waals surface area contributed by atoms with Gasteiger partial charge in [-0.2, -0.15) is 0 Å². The molecule has 80 valence electrons. The molecule has 0 bridgehead atoms. The van der Waals surface area contributed by atoms with Gasteiger partial charge in [0.05, 0.1) is 11.4 Å². The molecular formula is C11H7ClN2OS. The Morgan fingerprint density at radius 3 is 3.19 bits per heavy atom. The predicted molar refractivity (Wildman–Crippen MR) is 63.9 cm³/mol. The second-order valence-corrected chi connectivity index (χ2v) is 4.81. The summed E-state index contributed by atoms with van der Waals surface area (Å²) in [4.78, 5) is 9.63. The van der Waals surface area contributed by atoms with Crippen molar-refractivity contribution in [3.05, 3.63) is 45.6 Å². The Morgan fingerprint density at radius 2 is 2.38 bits per heavy atom. The number of halogens is 1. The van der Waals surface area contributed by atoms with E-state index in [9.17, 15) is 0 Å². The van der Waals surface area contributed by atoms with E-state index in [2.05, 4.69) is 16.0 Å². The smallest absolute Gasteiger partial charge is 0.247 e. The normalized spacial score (nSPS) is 11.1. The fourth-order valence-corrected chi connectivity index (χ4v) is 2.33. The Labute approximate surface area is 101 Å². The molecule has 0 N–H and O–H groups in total. The van der Waals surface area contributed by atoms with E-state index in [-0.39, 0.29) is 0 Å². The van der Waals surface area contributed by atoms with Gasteiger partial charge in [0.15, 0.2) is 0 Å². The topological polar surface area (TPSA) is 38.9 Å². The van der Waals surface area contributed by atoms with Crippen molar-refractivity contribution < 1.29 is 4.42 Å². The van der Waals surface area contributed by atoms with Crippen LogP contribution in [0.5, 0.6) is 0 Å². The van der Waals surface area contributed by atoms with Crippen molar-refractivity contribution in [3.8, 4) is 0 Å². The molecule has 0 saturated heterocycles. The average molecular weight is 251 g/mol. The molecule has 0 aliphatic heterocycles. The van der Waals surface area contributed by atoms with E-state index in [4.69, 9.17) is 16.0 Å². The third kappa shape index (κ3) is 1.81. The third-order valence-corrected chi connectivity index (χ3v) is 3.25. The van der Waals surface area contributed by atoms with Crippen molar-refractivity contribution in [2.75, 3.05) is 0 Å². The van der Waals surface area contributed by atoms with Gasteiger partial charge >= 0.3 is 0 Å². The summed E-state index contributed by atoms with van der Waals surface area (Å²) >= 11 is 7.51. The quantitative estimate of drug-likeness (QED) is 0.698. The monoisotopic (exact) mass is 250 g/mol. The van der Waals surface area contributed by atoms with Crippen LogP contribution in [0.1, 0.15) is 10.8 Å². The van der Waals surface area contributed by atoms with Crippen LogP contribution in [0.15, 0.2) is 34.2 Å². The van der Waals surface area contributed by atoms with Gasteiger partial charge in [-0.1, -0.05) is 17.7 Å². The third-order valence-electron chi connectivity index (χ3n) is 2.16. The largest absolute Gasteiger partial charge is 0.422 e. The summed E-state index contributed by atoms with van der Waals surface area (Å²) < 4.78 is 5.52. The van der Waals surface area contributed by atoms with Gasteiger partial charge in [0.1, 0.15) is 5.52 Å². The molecule has 0 aliphatic carbocycles. The maximum atomic E-state index is 5.83. The number of nitrogens with zero attached hydrogens (tertiary/aromatic N) is 2. The van der Waals surface area contributed by atoms with Crippen LogP contribution in [0, 0.1) is 0 Å². The SMILES string of the molecule is Clc1cnc2oc(Cc3cccs3)nc2c1. The summed E-state index contributed by atoms with van der Waals surface area (Å²) in [5, 5.41) is 2.61. The highest BCUT2D eigenvalue weighted by molar-refractivity contribution is 7.09. The molecule has 0 aromatic carbocycles. The van der Waals surface area contributed by atoms with E-state index in [1.54, 1.807) is 23.6 Å². The number of pyridine rings is 1. The molecule has 3 nitrogen and oxygen atoms in total. The van der Waals surface area contributed by atoms with E-state index in [0.717, 1.165) is 0 Å². The number of thiophene rings is 1. The Balaban J connectivity index is 1.99. The molecule has 0 amide bonds. The van der Waals surface area contributed by atoms with Crippen LogP contribution >= 0.6 is 22.9 Å². The molecule has 5 heteroatoms. The van der Waals surface area contributed by atoms with Crippen molar-refractivity contribution >= 4 is 34.2 Å². The number of fused-ring (bicyclic) bond motifs is 1. The second-order valence-electron chi connectivity index (χ2n) is 3.34. The minimum Gasteiger partial charge on any atom is -0.422 e. The van der Waals surface area contributed by atoms with Crippen LogP contribution in [-0.2, 0) is 6.42 Å². The summed E-state index contributed by atoms with van der Waals surface area (Å²) in [6.45, 7) is 0. The Bertz CT molecular complexity index is 618. The van der Waals surface area contributed by atoms with E-state index >= 15 is 0 Å². The van der Waals surface area contributed by atoms with Crippen molar-refractivity contribution in [3.63, 3.8) is 0 Å². The average Bonchev–Trinajstić information content (AvgIpc) is 2.86. The molecule has 0 saturated carbocycles. The minimum absolute atomic E-state index is 0.538. The summed E-state index contributed by atoms with van der Waals surface area (Å²) in [5.74, 6) is 0.673. The van der Waals surface area contributed by atoms with Crippen LogP contribution < -0.4 is 0 Å². The first-order chi connectivity index (χ1) is 7.81. The van der Waals surface area contributed by atoms with Crippen molar-refractivity contribution in [2.24, 2.45) is 0 Å². The van der Waals surface area contributed by atoms with E-state index in [1.165, 1.54) is 4.88 Å². The molecule has 3 rings (SSSR count). The first kappa shape index (κ1) is 9.81. The molecule has 3 heterocycles. The van der Waals surface area contributed by atoms with E-state index in [0.29, 0.717) is 28.6 Å². The van der Waals surface area contributed by atoms with Crippen LogP contribution in [0.4, 0.5) is 0 Å². The summed E-state index contributed by atoms with van der Waals surface area (Å²) in [7, 11) is 0. The van der Waals surface area contributed by atoms with Crippen LogP contribution in [-0.4, -0.2) is 9.97 Å². The summed E-state index contributed by atoms with van der Waals surface area (Å²) in [5.41, 5.74) is 1.25. The lowest BCUT2D eigenvalue weighted by Gasteiger charge is -1.88. The zero-order chi connectivity index (χ0) is 11.0. The van der Waals surface area contributed by atoms with Crippen LogP contribution in [0.2, 0.25) is 5.02 Å². The highest BCUT2D eigenvalue weighted by atomic mass is 35.5. The maximum Gasteiger partial charge on any atom is 0.247 e. The number of oxazole rings is 1. The van der Waals surface area contributed by atoms with Gasteiger partial charge in [-0.25, -0.2) is 9.97 Å². The van der Waals surface area contributed by atoms with Gasteiger partial charge in [-0.05, 0) is 17.5 Å². The zero-order valence-corrected chi connectivity index (χ0v) is 9.76. The number of rotatable bonds is 2. The fraction of sp³-hybridized carbons (Fsp3) is 0.0909. The van der Waals surface area contributed by atoms with Gasteiger partial charge in [0, 0.05) is 11.1 Å². The molecule has 0 spiro atoms. The highest BCUT2D eigenvalue weighted by Gasteiger charge is 2.08. The number of hydrogen-bond acceptors (Lipinski definition) is 4. The Morgan fingerprint density at radius 1 is 1.44 bits per heavy atom. The highest BCUT2D eigenvalue weighted by Crippen LogP contribution is 2.20. The minimum atomic E-state index is 0.538. The van der Waals surface area contributed by atoms with Crippen molar-refractivity contribution in [2.45, 2.75) is 6.42 Å². The molecule has 3 aromatic rings. The number of hydrogen-bond donors (Lipinski definition) is 0. The molecule has 0 radical (unpaired) electrons. The van der Waals surface area contributed by atoms with Gasteiger partial charge in [0.25, 0.3) is 0 Å². The first-order valence-electron chi connectivity index (χ1n) is 4.74. The standard InChI is InChI=1S/C11H7ClN2OS/c12-7-4-9-11(13-6-7)15-10(14-9)5-8-2-1-3-16-8/h1-4,6H,5H2. The lowest BCUT2D eigenvalue weighted by Crippen LogP contribution is -1.82. The van der Waals surface area contributed by atoms with E-state index in [1.807, 2.05) is 11.4 Å². The molecule has 0 atom stereocenters. The zero-order valence-electron chi connectivity index (χ0n) is 8.18. The molecule has 0 unspecified atom stereocenters. The van der Waals surface area contributed by atoms with Crippen LogP contribution in [0.3, 0.4) is 0 Å². The predicted octanol–water partition coefficient (Wildman–Crippen LogP) is 3.53. The van der Waals surface area contributed by atoms with Crippen molar-refractivity contribution in [1.82, 2.24) is 9.97 Å². The van der Waals surface area contributed by atoms with Gasteiger partial charge in [0.2, 0.25) is 11.6 Å². The molecule has 3 aromatic heterocycles. The van der Waals surface area contributed by atoms with E-state index < -0.39 is 0 Å². The lowest BCUT2D eigenvalue weighted by atomic mass is 10.3. The Hall–Kier alpha value is -1.39. The molecular weight excluding hydrogens is 244 g/mol. The lowest BCUT2D eigenvalue weighted by molar-refractivity contribution is 0.536. The maximum absolute atomic E-state index is 5.83. The van der Waals surface area contributed by atoms with Gasteiger partial charge in [-0.15, -0.1) is 11.3 Å². The van der Waals surface area contributed by atoms with Crippen LogP contribution in [0.25, 0.3) is 11.2 Å².